The number of aliphatic hydroxyl groups excluding tert-OH is 1. The van der Waals surface area contributed by atoms with Crippen molar-refractivity contribution in [1.82, 2.24) is 5.32 Å². The van der Waals surface area contributed by atoms with E-state index in [9.17, 15) is 9.90 Å². The van der Waals surface area contributed by atoms with E-state index < -0.39 is 5.54 Å². The maximum atomic E-state index is 11.3. The minimum absolute atomic E-state index is 0.0299. The van der Waals surface area contributed by atoms with Crippen molar-refractivity contribution in [3.8, 4) is 0 Å². The highest BCUT2D eigenvalue weighted by molar-refractivity contribution is 5.78. The molecule has 0 saturated heterocycles. The molecule has 0 fully saturated rings. The molecule has 4 nitrogen and oxygen atoms in total. The largest absolute Gasteiger partial charge is 0.394 e. The number of hydrogen-bond acceptors (Lipinski definition) is 3. The van der Waals surface area contributed by atoms with Crippen LogP contribution in [0.15, 0.2) is 0 Å². The molecule has 0 aliphatic rings. The number of hydrogen-bond donors (Lipinski definition) is 2. The maximum absolute atomic E-state index is 11.3. The molecule has 0 aliphatic carbocycles. The molecule has 4 heteroatoms. The molecule has 0 spiro atoms. The molecular formula is C10H21NO3. The Bertz CT molecular complexity index is 158. The Morgan fingerprint density at radius 1 is 1.36 bits per heavy atom. The van der Waals surface area contributed by atoms with Gasteiger partial charge in [0.05, 0.1) is 12.1 Å². The molecule has 2 N–H and O–H groups in total. The van der Waals surface area contributed by atoms with Crippen molar-refractivity contribution < 1.29 is 14.6 Å². The van der Waals surface area contributed by atoms with Crippen molar-refractivity contribution in [3.05, 3.63) is 0 Å². The molecule has 84 valence electrons. The number of amides is 1. The summed E-state index contributed by atoms with van der Waals surface area (Å²) in [5, 5.41) is 12.0. The zero-order valence-corrected chi connectivity index (χ0v) is 9.30. The minimum Gasteiger partial charge on any atom is -0.394 e. The lowest BCUT2D eigenvalue weighted by Gasteiger charge is -2.30. The average Bonchev–Trinajstić information content (AvgIpc) is 2.23. The summed E-state index contributed by atoms with van der Waals surface area (Å²) in [6, 6.07) is 0. The van der Waals surface area contributed by atoms with Gasteiger partial charge in [0.25, 0.3) is 0 Å². The molecule has 0 aromatic heterocycles. The van der Waals surface area contributed by atoms with Crippen LogP contribution in [0.25, 0.3) is 0 Å². The van der Waals surface area contributed by atoms with Crippen molar-refractivity contribution in [3.63, 3.8) is 0 Å². The zero-order chi connectivity index (χ0) is 11.0. The van der Waals surface area contributed by atoms with Gasteiger partial charge in [0, 0.05) is 6.61 Å². The van der Waals surface area contributed by atoms with Gasteiger partial charge < -0.3 is 15.2 Å². The molecule has 0 saturated carbocycles. The molecule has 0 bridgehead atoms. The Morgan fingerprint density at radius 3 is 2.29 bits per heavy atom. The third-order valence-corrected chi connectivity index (χ3v) is 2.50. The average molecular weight is 203 g/mol. The number of carbonyl (C=O) groups excluding carboxylic acids is 1. The van der Waals surface area contributed by atoms with Crippen LogP contribution in [0, 0.1) is 0 Å². The van der Waals surface area contributed by atoms with Gasteiger partial charge in [0.2, 0.25) is 5.91 Å². The van der Waals surface area contributed by atoms with Crippen LogP contribution in [0.1, 0.15) is 33.6 Å². The number of nitrogens with one attached hydrogen (secondary N) is 1. The summed E-state index contributed by atoms with van der Waals surface area (Å²) < 4.78 is 4.98. The van der Waals surface area contributed by atoms with Crippen LogP contribution in [0.3, 0.4) is 0 Å². The Balaban J connectivity index is 4.08. The summed E-state index contributed by atoms with van der Waals surface area (Å²) in [5.41, 5.74) is -0.478. The Kier molecular flexibility index (Phi) is 6.49. The molecule has 0 rings (SSSR count). The van der Waals surface area contributed by atoms with Gasteiger partial charge in [0.1, 0.15) is 6.61 Å². The fraction of sp³-hybridized carbons (Fsp3) is 0.900. The van der Waals surface area contributed by atoms with Crippen LogP contribution in [0.4, 0.5) is 0 Å². The van der Waals surface area contributed by atoms with Crippen LogP contribution >= 0.6 is 0 Å². The van der Waals surface area contributed by atoms with Crippen LogP contribution in [-0.2, 0) is 9.53 Å². The van der Waals surface area contributed by atoms with E-state index in [0.29, 0.717) is 6.61 Å². The molecular weight excluding hydrogens is 182 g/mol. The highest BCUT2D eigenvalue weighted by Gasteiger charge is 2.26. The number of carbonyl (C=O) groups is 1. The minimum atomic E-state index is -0.478. The van der Waals surface area contributed by atoms with Crippen LogP contribution < -0.4 is 5.32 Å². The topological polar surface area (TPSA) is 58.6 Å². The SMILES string of the molecule is CCOCC(=O)NC(CC)(CC)CO. The van der Waals surface area contributed by atoms with Crippen molar-refractivity contribution in [2.45, 2.75) is 39.2 Å². The van der Waals surface area contributed by atoms with E-state index in [2.05, 4.69) is 5.32 Å². The molecule has 0 unspecified atom stereocenters. The van der Waals surface area contributed by atoms with Gasteiger partial charge in [-0.15, -0.1) is 0 Å². The van der Waals surface area contributed by atoms with Crippen molar-refractivity contribution >= 4 is 5.91 Å². The predicted octanol–water partition coefficient (Wildman–Crippen LogP) is 0.690. The van der Waals surface area contributed by atoms with Gasteiger partial charge in [0.15, 0.2) is 0 Å². The monoisotopic (exact) mass is 203 g/mol. The van der Waals surface area contributed by atoms with E-state index in [-0.39, 0.29) is 19.1 Å². The fourth-order valence-corrected chi connectivity index (χ4v) is 1.22. The van der Waals surface area contributed by atoms with Gasteiger partial charge in [-0.25, -0.2) is 0 Å². The summed E-state index contributed by atoms with van der Waals surface area (Å²) in [4.78, 5) is 11.3. The first kappa shape index (κ1) is 13.4. The van der Waals surface area contributed by atoms with Gasteiger partial charge in [-0.1, -0.05) is 13.8 Å². The zero-order valence-electron chi connectivity index (χ0n) is 9.30. The number of rotatable bonds is 7. The standard InChI is InChI=1S/C10H21NO3/c1-4-10(5-2,8-12)11-9(13)7-14-6-3/h12H,4-8H2,1-3H3,(H,11,13). The number of ether oxygens (including phenoxy) is 1. The number of aliphatic hydroxyl groups is 1. The van der Waals surface area contributed by atoms with E-state index in [1.807, 2.05) is 20.8 Å². The lowest BCUT2D eigenvalue weighted by Crippen LogP contribution is -2.51. The van der Waals surface area contributed by atoms with Crippen LogP contribution in [0.2, 0.25) is 0 Å². The van der Waals surface area contributed by atoms with Crippen LogP contribution in [0.5, 0.6) is 0 Å². The Morgan fingerprint density at radius 2 is 1.93 bits per heavy atom. The summed E-state index contributed by atoms with van der Waals surface area (Å²) in [6.45, 7) is 6.29. The lowest BCUT2D eigenvalue weighted by atomic mass is 9.94. The summed E-state index contributed by atoms with van der Waals surface area (Å²) in [6.07, 6.45) is 1.44. The van der Waals surface area contributed by atoms with Gasteiger partial charge >= 0.3 is 0 Å². The third kappa shape index (κ3) is 4.07. The fourth-order valence-electron chi connectivity index (χ4n) is 1.22. The van der Waals surface area contributed by atoms with Crippen molar-refractivity contribution in [2.75, 3.05) is 19.8 Å². The first-order valence-electron chi connectivity index (χ1n) is 5.13. The molecule has 0 aromatic carbocycles. The Hall–Kier alpha value is -0.610. The Labute approximate surface area is 85.6 Å². The molecule has 14 heavy (non-hydrogen) atoms. The van der Waals surface area contributed by atoms with Gasteiger partial charge in [-0.05, 0) is 19.8 Å². The second-order valence-electron chi connectivity index (χ2n) is 3.33. The maximum Gasteiger partial charge on any atom is 0.246 e. The van der Waals surface area contributed by atoms with Crippen LogP contribution in [-0.4, -0.2) is 36.4 Å². The third-order valence-electron chi connectivity index (χ3n) is 2.50. The second kappa shape index (κ2) is 6.79. The highest BCUT2D eigenvalue weighted by atomic mass is 16.5. The van der Waals surface area contributed by atoms with Crippen molar-refractivity contribution in [1.29, 1.82) is 0 Å². The summed E-state index contributed by atoms with van der Waals surface area (Å²) in [7, 11) is 0. The first-order chi connectivity index (χ1) is 6.64. The van der Waals surface area contributed by atoms with E-state index in [1.165, 1.54) is 0 Å². The van der Waals surface area contributed by atoms with E-state index in [1.54, 1.807) is 0 Å². The molecule has 1 amide bonds. The molecule has 0 heterocycles. The quantitative estimate of drug-likeness (QED) is 0.640. The van der Waals surface area contributed by atoms with E-state index in [0.717, 1.165) is 12.8 Å². The lowest BCUT2D eigenvalue weighted by molar-refractivity contribution is -0.128. The van der Waals surface area contributed by atoms with Crippen molar-refractivity contribution in [2.24, 2.45) is 0 Å². The van der Waals surface area contributed by atoms with E-state index >= 15 is 0 Å². The first-order valence-corrected chi connectivity index (χ1v) is 5.13. The molecule has 0 atom stereocenters. The molecule has 0 radical (unpaired) electrons. The highest BCUT2D eigenvalue weighted by Crippen LogP contribution is 2.13. The van der Waals surface area contributed by atoms with Gasteiger partial charge in [-0.2, -0.15) is 0 Å². The normalized spacial score (nSPS) is 11.4. The second-order valence-corrected chi connectivity index (χ2v) is 3.33. The molecule has 0 aromatic rings. The smallest absolute Gasteiger partial charge is 0.246 e. The predicted molar refractivity (Wildman–Crippen MR) is 55.0 cm³/mol. The summed E-state index contributed by atoms with van der Waals surface area (Å²) >= 11 is 0. The van der Waals surface area contributed by atoms with Gasteiger partial charge in [-0.3, -0.25) is 4.79 Å². The summed E-state index contributed by atoms with van der Waals surface area (Å²) in [5.74, 6) is -0.162. The van der Waals surface area contributed by atoms with E-state index in [4.69, 9.17) is 4.74 Å². The molecule has 0 aliphatic heterocycles.